The summed E-state index contributed by atoms with van der Waals surface area (Å²) in [5.41, 5.74) is 0.708. The average Bonchev–Trinajstić information content (AvgIpc) is 3.20. The second kappa shape index (κ2) is 9.36. The van der Waals surface area contributed by atoms with E-state index in [2.05, 4.69) is 15.6 Å². The van der Waals surface area contributed by atoms with Crippen LogP contribution in [0.2, 0.25) is 0 Å². The predicted octanol–water partition coefficient (Wildman–Crippen LogP) is 1.70. The number of anilines is 1. The van der Waals surface area contributed by atoms with Crippen LogP contribution in [0.25, 0.3) is 0 Å². The number of nitrogens with one attached hydrogen (secondary N) is 2. The van der Waals surface area contributed by atoms with E-state index in [0.717, 1.165) is 5.56 Å². The zero-order valence-corrected chi connectivity index (χ0v) is 17.3. The number of hydrogen-bond donors (Lipinski definition) is 3. The van der Waals surface area contributed by atoms with Gasteiger partial charge in [0.25, 0.3) is 0 Å². The number of hydrogen-bond acceptors (Lipinski definition) is 5. The summed E-state index contributed by atoms with van der Waals surface area (Å²) in [6.07, 6.45) is 3.59. The predicted molar refractivity (Wildman–Crippen MR) is 115 cm³/mol. The number of ketones is 1. The summed E-state index contributed by atoms with van der Waals surface area (Å²) in [6, 6.07) is 15.6. The highest BCUT2D eigenvalue weighted by Gasteiger charge is 2.29. The fourth-order valence-corrected chi connectivity index (χ4v) is 3.12. The molecule has 0 aliphatic rings. The normalized spacial score (nSPS) is 12.6. The van der Waals surface area contributed by atoms with E-state index >= 15 is 0 Å². The van der Waals surface area contributed by atoms with Gasteiger partial charge in [0.15, 0.2) is 5.82 Å². The number of nitrogens with zero attached hydrogens (tertiary/aromatic N) is 2. The summed E-state index contributed by atoms with van der Waals surface area (Å²) in [5.74, 6) is -1.67. The van der Waals surface area contributed by atoms with Crippen molar-refractivity contribution in [2.75, 3.05) is 11.9 Å². The van der Waals surface area contributed by atoms with Gasteiger partial charge in [-0.3, -0.25) is 14.4 Å². The Hall–Kier alpha value is -3.78. The highest BCUT2D eigenvalue weighted by atomic mass is 16.3. The highest BCUT2D eigenvalue weighted by Crippen LogP contribution is 2.15. The molecular weight excluding hydrogens is 396 g/mol. The third kappa shape index (κ3) is 5.43. The van der Waals surface area contributed by atoms with Gasteiger partial charge < -0.3 is 20.3 Å². The summed E-state index contributed by atoms with van der Waals surface area (Å²) in [5, 5.41) is 14.9. The smallest absolute Gasteiger partial charge is 0.313 e. The molecule has 0 unspecified atom stereocenters. The molecule has 0 spiro atoms. The number of aryl methyl sites for hydroxylation is 1. The molecule has 1 atom stereocenters. The molecule has 0 aliphatic heterocycles. The number of benzene rings is 2. The topological polar surface area (TPSA) is 113 Å². The maximum absolute atomic E-state index is 12.5. The van der Waals surface area contributed by atoms with E-state index in [-0.39, 0.29) is 12.4 Å². The monoisotopic (exact) mass is 420 g/mol. The number of carbonyl (C=O) groups is 3. The van der Waals surface area contributed by atoms with Gasteiger partial charge in [0.05, 0.1) is 12.1 Å². The largest absolute Gasteiger partial charge is 0.394 e. The van der Waals surface area contributed by atoms with Gasteiger partial charge in [-0.05, 0) is 43.2 Å². The lowest BCUT2D eigenvalue weighted by molar-refractivity contribution is -0.137. The number of aromatic nitrogens is 2. The second-order valence-electron chi connectivity index (χ2n) is 7.56. The first-order valence-electron chi connectivity index (χ1n) is 9.72. The number of amides is 2. The molecule has 0 saturated carbocycles. The lowest BCUT2D eigenvalue weighted by Crippen LogP contribution is -2.53. The molecule has 2 amide bonds. The van der Waals surface area contributed by atoms with Crippen molar-refractivity contribution >= 4 is 23.3 Å². The Labute approximate surface area is 179 Å². The van der Waals surface area contributed by atoms with E-state index < -0.39 is 17.4 Å². The van der Waals surface area contributed by atoms with Gasteiger partial charge >= 0.3 is 11.8 Å². The number of carbonyl (C=O) groups excluding carboxylic acids is 3. The zero-order chi connectivity index (χ0) is 22.4. The lowest BCUT2D eigenvalue weighted by atomic mass is 9.93. The maximum Gasteiger partial charge on any atom is 0.313 e. The van der Waals surface area contributed by atoms with Gasteiger partial charge in [0.2, 0.25) is 5.78 Å². The van der Waals surface area contributed by atoms with Crippen LogP contribution in [0.1, 0.15) is 28.7 Å². The molecule has 1 heterocycles. The highest BCUT2D eigenvalue weighted by molar-refractivity contribution is 6.39. The zero-order valence-electron chi connectivity index (χ0n) is 17.3. The Morgan fingerprint density at radius 2 is 1.71 bits per heavy atom. The van der Waals surface area contributed by atoms with Crippen LogP contribution in [0.15, 0.2) is 67.0 Å². The Bertz CT molecular complexity index is 1080. The molecular formula is C23H24N4O4. The van der Waals surface area contributed by atoms with Gasteiger partial charge in [-0.1, -0.05) is 30.3 Å². The molecule has 31 heavy (non-hydrogen) atoms. The fraction of sp³-hybridized carbons (Fsp3) is 0.217. The van der Waals surface area contributed by atoms with Crippen LogP contribution in [0.3, 0.4) is 0 Å². The molecule has 2 aromatic carbocycles. The van der Waals surface area contributed by atoms with Crippen molar-refractivity contribution in [1.29, 1.82) is 0 Å². The quantitative estimate of drug-likeness (QED) is 0.398. The maximum atomic E-state index is 12.5. The van der Waals surface area contributed by atoms with Crippen molar-refractivity contribution in [3.05, 3.63) is 83.9 Å². The Morgan fingerprint density at radius 3 is 2.29 bits per heavy atom. The van der Waals surface area contributed by atoms with Gasteiger partial charge in [0, 0.05) is 30.7 Å². The molecule has 3 aromatic rings. The number of aliphatic hydroxyl groups is 1. The van der Waals surface area contributed by atoms with Crippen LogP contribution in [0.5, 0.6) is 0 Å². The van der Waals surface area contributed by atoms with Crippen molar-refractivity contribution in [3.8, 4) is 0 Å². The SMILES string of the molecule is Cn1ccnc1C(=O)c1ccc(NC(=O)C(=O)N[C@@](C)(CO)Cc2ccccc2)cc1. The summed E-state index contributed by atoms with van der Waals surface area (Å²) >= 11 is 0. The molecule has 0 fully saturated rings. The third-order valence-corrected chi connectivity index (χ3v) is 4.84. The van der Waals surface area contributed by atoms with Crippen LogP contribution < -0.4 is 10.6 Å². The van der Waals surface area contributed by atoms with Gasteiger partial charge in [-0.15, -0.1) is 0 Å². The van der Waals surface area contributed by atoms with Gasteiger partial charge in [-0.25, -0.2) is 4.98 Å². The minimum absolute atomic E-state index is 0.247. The Kier molecular flexibility index (Phi) is 6.61. The fourth-order valence-electron chi connectivity index (χ4n) is 3.12. The van der Waals surface area contributed by atoms with Crippen LogP contribution in [-0.4, -0.2) is 44.4 Å². The first-order valence-corrected chi connectivity index (χ1v) is 9.72. The summed E-state index contributed by atoms with van der Waals surface area (Å²) < 4.78 is 1.62. The molecule has 0 bridgehead atoms. The standard InChI is InChI=1S/C23H24N4O4/c1-23(15-28,14-16-6-4-3-5-7-16)26-22(31)21(30)25-18-10-8-17(9-11-18)19(29)20-24-12-13-27(20)2/h3-13,28H,14-15H2,1-2H3,(H,25,30)(H,26,31)/t23-/m1/s1. The van der Waals surface area contributed by atoms with E-state index in [4.69, 9.17) is 0 Å². The van der Waals surface area contributed by atoms with Crippen molar-refractivity contribution in [2.24, 2.45) is 7.05 Å². The first kappa shape index (κ1) is 21.9. The lowest BCUT2D eigenvalue weighted by Gasteiger charge is -2.28. The first-order chi connectivity index (χ1) is 14.8. The molecule has 8 heteroatoms. The van der Waals surface area contributed by atoms with Gasteiger partial charge in [-0.2, -0.15) is 0 Å². The molecule has 0 aliphatic carbocycles. The summed E-state index contributed by atoms with van der Waals surface area (Å²) in [7, 11) is 1.73. The second-order valence-corrected chi connectivity index (χ2v) is 7.56. The van der Waals surface area contributed by atoms with Crippen molar-refractivity contribution in [3.63, 3.8) is 0 Å². The number of rotatable bonds is 7. The molecule has 160 valence electrons. The van der Waals surface area contributed by atoms with Crippen molar-refractivity contribution < 1.29 is 19.5 Å². The van der Waals surface area contributed by atoms with Crippen LogP contribution in [-0.2, 0) is 23.1 Å². The molecule has 0 saturated heterocycles. The third-order valence-electron chi connectivity index (χ3n) is 4.84. The van der Waals surface area contributed by atoms with Crippen molar-refractivity contribution in [2.45, 2.75) is 18.9 Å². The van der Waals surface area contributed by atoms with Crippen molar-refractivity contribution in [1.82, 2.24) is 14.9 Å². The minimum Gasteiger partial charge on any atom is -0.394 e. The summed E-state index contributed by atoms with van der Waals surface area (Å²) in [6.45, 7) is 1.34. The Balaban J connectivity index is 1.62. The van der Waals surface area contributed by atoms with Gasteiger partial charge in [0.1, 0.15) is 0 Å². The molecule has 1 aromatic heterocycles. The van der Waals surface area contributed by atoms with E-state index in [1.807, 2.05) is 30.3 Å². The molecule has 3 rings (SSSR count). The van der Waals surface area contributed by atoms with E-state index in [9.17, 15) is 19.5 Å². The number of aliphatic hydroxyl groups excluding tert-OH is 1. The van der Waals surface area contributed by atoms with E-state index in [1.54, 1.807) is 43.1 Å². The molecule has 8 nitrogen and oxygen atoms in total. The minimum atomic E-state index is -0.992. The van der Waals surface area contributed by atoms with E-state index in [1.165, 1.54) is 12.1 Å². The average molecular weight is 420 g/mol. The number of imidazole rings is 1. The van der Waals surface area contributed by atoms with Crippen LogP contribution >= 0.6 is 0 Å². The van der Waals surface area contributed by atoms with Crippen LogP contribution in [0.4, 0.5) is 5.69 Å². The summed E-state index contributed by atoms with van der Waals surface area (Å²) in [4.78, 5) is 41.2. The molecule has 0 radical (unpaired) electrons. The van der Waals surface area contributed by atoms with Crippen LogP contribution in [0, 0.1) is 0 Å². The Morgan fingerprint density at radius 1 is 1.03 bits per heavy atom. The van der Waals surface area contributed by atoms with E-state index in [0.29, 0.717) is 23.5 Å². The molecule has 3 N–H and O–H groups in total.